The fourth-order valence-corrected chi connectivity index (χ4v) is 2.36. The van der Waals surface area contributed by atoms with Gasteiger partial charge < -0.3 is 10.6 Å². The summed E-state index contributed by atoms with van der Waals surface area (Å²) in [4.78, 5) is 11.8. The van der Waals surface area contributed by atoms with Crippen molar-refractivity contribution in [1.29, 1.82) is 0 Å². The molecule has 4 N–H and O–H groups in total. The molecule has 0 unspecified atom stereocenters. The van der Waals surface area contributed by atoms with Crippen LogP contribution in [0.1, 0.15) is 16.8 Å². The molecule has 1 aromatic rings. The fourth-order valence-electron chi connectivity index (χ4n) is 1.84. The first-order chi connectivity index (χ1) is 8.47. The normalized spacial score (nSPS) is 19.7. The van der Waals surface area contributed by atoms with Gasteiger partial charge in [0.1, 0.15) is 0 Å². The molecule has 98 valence electrons. The number of primary sulfonamides is 1. The molecule has 1 aliphatic heterocycles. The summed E-state index contributed by atoms with van der Waals surface area (Å²) in [7, 11) is -3.71. The zero-order chi connectivity index (χ0) is 13.2. The van der Waals surface area contributed by atoms with Crippen molar-refractivity contribution >= 4 is 15.9 Å². The molecular formula is C11H15N3O3S. The largest absolute Gasteiger partial charge is 0.348 e. The van der Waals surface area contributed by atoms with Crippen LogP contribution < -0.4 is 15.8 Å². The number of amides is 1. The predicted molar refractivity (Wildman–Crippen MR) is 66.6 cm³/mol. The van der Waals surface area contributed by atoms with E-state index < -0.39 is 10.0 Å². The number of carbonyl (C=O) groups is 1. The summed E-state index contributed by atoms with van der Waals surface area (Å²) in [5.41, 5.74) is 0.425. The van der Waals surface area contributed by atoms with E-state index in [0.717, 1.165) is 19.5 Å². The highest BCUT2D eigenvalue weighted by molar-refractivity contribution is 7.89. The van der Waals surface area contributed by atoms with E-state index in [1.54, 1.807) is 0 Å². The van der Waals surface area contributed by atoms with Gasteiger partial charge in [-0.3, -0.25) is 4.79 Å². The number of carbonyl (C=O) groups excluding carboxylic acids is 1. The third-order valence-electron chi connectivity index (χ3n) is 2.84. The van der Waals surface area contributed by atoms with E-state index in [-0.39, 0.29) is 16.8 Å². The molecule has 1 aromatic carbocycles. The Morgan fingerprint density at radius 2 is 2.00 bits per heavy atom. The monoisotopic (exact) mass is 269 g/mol. The van der Waals surface area contributed by atoms with Gasteiger partial charge in [-0.05, 0) is 37.2 Å². The minimum atomic E-state index is -3.71. The number of nitrogens with one attached hydrogen (secondary N) is 2. The molecule has 1 fully saturated rings. The summed E-state index contributed by atoms with van der Waals surface area (Å²) in [5, 5.41) is 11.0. The van der Waals surface area contributed by atoms with Gasteiger partial charge in [0.25, 0.3) is 5.91 Å². The van der Waals surface area contributed by atoms with Crippen LogP contribution in [-0.2, 0) is 10.0 Å². The topological polar surface area (TPSA) is 101 Å². The molecule has 0 spiro atoms. The van der Waals surface area contributed by atoms with Gasteiger partial charge >= 0.3 is 0 Å². The van der Waals surface area contributed by atoms with Gasteiger partial charge in [0.15, 0.2) is 0 Å². The molecule has 0 aromatic heterocycles. The van der Waals surface area contributed by atoms with Crippen LogP contribution in [0, 0.1) is 0 Å². The van der Waals surface area contributed by atoms with E-state index in [1.165, 1.54) is 24.3 Å². The second-order valence-corrected chi connectivity index (χ2v) is 5.79. The van der Waals surface area contributed by atoms with E-state index in [1.807, 2.05) is 0 Å². The van der Waals surface area contributed by atoms with Crippen molar-refractivity contribution in [2.75, 3.05) is 13.1 Å². The van der Waals surface area contributed by atoms with Crippen molar-refractivity contribution in [1.82, 2.24) is 10.6 Å². The van der Waals surface area contributed by atoms with Crippen LogP contribution in [0.2, 0.25) is 0 Å². The standard InChI is InChI=1S/C11H15N3O3S/c12-18(16,17)10-3-1-8(2-4-10)11(15)14-9-5-6-13-7-9/h1-4,9,13H,5-7H2,(H,14,15)(H2,12,16,17)/t9-/m0/s1. The minimum Gasteiger partial charge on any atom is -0.348 e. The van der Waals surface area contributed by atoms with Crippen LogP contribution in [-0.4, -0.2) is 33.5 Å². The van der Waals surface area contributed by atoms with Crippen LogP contribution in [0.15, 0.2) is 29.2 Å². The van der Waals surface area contributed by atoms with Crippen molar-refractivity contribution in [3.63, 3.8) is 0 Å². The maximum atomic E-state index is 11.8. The summed E-state index contributed by atoms with van der Waals surface area (Å²) in [6, 6.07) is 5.71. The average Bonchev–Trinajstić information content (AvgIpc) is 2.81. The quantitative estimate of drug-likeness (QED) is 0.683. The Labute approximate surface area is 106 Å². The van der Waals surface area contributed by atoms with Crippen molar-refractivity contribution in [3.05, 3.63) is 29.8 Å². The van der Waals surface area contributed by atoms with Crippen molar-refractivity contribution in [2.24, 2.45) is 5.14 Å². The number of hydrogen-bond donors (Lipinski definition) is 3. The summed E-state index contributed by atoms with van der Waals surface area (Å²) in [6.07, 6.45) is 0.904. The van der Waals surface area contributed by atoms with E-state index in [0.29, 0.717) is 5.56 Å². The van der Waals surface area contributed by atoms with Gasteiger partial charge in [0.2, 0.25) is 10.0 Å². The molecule has 1 saturated heterocycles. The molecule has 0 bridgehead atoms. The summed E-state index contributed by atoms with van der Waals surface area (Å²) in [6.45, 7) is 1.66. The Kier molecular flexibility index (Phi) is 3.65. The number of hydrogen-bond acceptors (Lipinski definition) is 4. The molecule has 18 heavy (non-hydrogen) atoms. The molecule has 0 radical (unpaired) electrons. The van der Waals surface area contributed by atoms with E-state index >= 15 is 0 Å². The number of benzene rings is 1. The van der Waals surface area contributed by atoms with Gasteiger partial charge in [0, 0.05) is 18.2 Å². The minimum absolute atomic E-state index is 0.00147. The van der Waals surface area contributed by atoms with Gasteiger partial charge in [-0.1, -0.05) is 0 Å². The molecule has 1 aliphatic rings. The Bertz CT molecular complexity index is 533. The highest BCUT2D eigenvalue weighted by Gasteiger charge is 2.17. The first-order valence-corrected chi connectivity index (χ1v) is 7.16. The lowest BCUT2D eigenvalue weighted by Gasteiger charge is -2.11. The molecule has 1 atom stereocenters. The second kappa shape index (κ2) is 5.05. The van der Waals surface area contributed by atoms with Crippen LogP contribution in [0.3, 0.4) is 0 Å². The Morgan fingerprint density at radius 1 is 1.33 bits per heavy atom. The summed E-state index contributed by atoms with van der Waals surface area (Å²) in [5.74, 6) is -0.204. The van der Waals surface area contributed by atoms with Crippen LogP contribution in [0.4, 0.5) is 0 Å². The van der Waals surface area contributed by atoms with Crippen molar-refractivity contribution in [2.45, 2.75) is 17.4 Å². The Morgan fingerprint density at radius 3 is 2.50 bits per heavy atom. The van der Waals surface area contributed by atoms with Gasteiger partial charge in [-0.15, -0.1) is 0 Å². The molecule has 6 nitrogen and oxygen atoms in total. The Hall–Kier alpha value is -1.44. The van der Waals surface area contributed by atoms with E-state index in [2.05, 4.69) is 10.6 Å². The average molecular weight is 269 g/mol. The maximum Gasteiger partial charge on any atom is 0.251 e. The molecule has 0 aliphatic carbocycles. The summed E-state index contributed by atoms with van der Waals surface area (Å²) >= 11 is 0. The van der Waals surface area contributed by atoms with Crippen LogP contribution >= 0.6 is 0 Å². The molecule has 0 saturated carbocycles. The first kappa shape index (κ1) is 13.0. The number of rotatable bonds is 3. The molecule has 2 rings (SSSR count). The Balaban J connectivity index is 2.07. The van der Waals surface area contributed by atoms with Crippen molar-refractivity contribution < 1.29 is 13.2 Å². The lowest BCUT2D eigenvalue weighted by molar-refractivity contribution is 0.0940. The van der Waals surface area contributed by atoms with Crippen LogP contribution in [0.25, 0.3) is 0 Å². The lowest BCUT2D eigenvalue weighted by atomic mass is 10.2. The van der Waals surface area contributed by atoms with E-state index in [9.17, 15) is 13.2 Å². The smallest absolute Gasteiger partial charge is 0.251 e. The van der Waals surface area contributed by atoms with E-state index in [4.69, 9.17) is 5.14 Å². The summed E-state index contributed by atoms with van der Waals surface area (Å²) < 4.78 is 22.1. The maximum absolute atomic E-state index is 11.8. The van der Waals surface area contributed by atoms with Gasteiger partial charge in [0.05, 0.1) is 4.90 Å². The zero-order valence-electron chi connectivity index (χ0n) is 9.72. The van der Waals surface area contributed by atoms with Gasteiger partial charge in [-0.25, -0.2) is 13.6 Å². The number of nitrogens with two attached hydrogens (primary N) is 1. The zero-order valence-corrected chi connectivity index (χ0v) is 10.5. The number of sulfonamides is 1. The van der Waals surface area contributed by atoms with Gasteiger partial charge in [-0.2, -0.15) is 0 Å². The molecule has 7 heteroatoms. The second-order valence-electron chi connectivity index (χ2n) is 4.23. The SMILES string of the molecule is NS(=O)(=O)c1ccc(C(=O)N[C@H]2CCNC2)cc1. The van der Waals surface area contributed by atoms with Crippen LogP contribution in [0.5, 0.6) is 0 Å². The lowest BCUT2D eigenvalue weighted by Crippen LogP contribution is -2.36. The predicted octanol–water partition coefficient (Wildman–Crippen LogP) is -0.574. The highest BCUT2D eigenvalue weighted by atomic mass is 32.2. The van der Waals surface area contributed by atoms with Crippen molar-refractivity contribution in [3.8, 4) is 0 Å². The molecule has 1 amide bonds. The highest BCUT2D eigenvalue weighted by Crippen LogP contribution is 2.09. The molecular weight excluding hydrogens is 254 g/mol. The third kappa shape index (κ3) is 3.06. The first-order valence-electron chi connectivity index (χ1n) is 5.61. The fraction of sp³-hybridized carbons (Fsp3) is 0.364. The molecule has 1 heterocycles. The third-order valence-corrected chi connectivity index (χ3v) is 3.77.